The van der Waals surface area contributed by atoms with Gasteiger partial charge in [-0.05, 0) is 50.8 Å². The van der Waals surface area contributed by atoms with Gasteiger partial charge in [0.05, 0.1) is 17.1 Å². The number of benzene rings is 2. The summed E-state index contributed by atoms with van der Waals surface area (Å²) >= 11 is 6.21. The number of hydrogen-bond acceptors (Lipinski definition) is 5. The molecule has 0 bridgehead atoms. The molecule has 1 aromatic heterocycles. The third kappa shape index (κ3) is 7.01. The van der Waals surface area contributed by atoms with Crippen LogP contribution in [0.3, 0.4) is 0 Å². The monoisotopic (exact) mass is 540 g/mol. The van der Waals surface area contributed by atoms with Crippen molar-refractivity contribution in [2.45, 2.75) is 83.8 Å². The molecule has 6 nitrogen and oxygen atoms in total. The SMILES string of the molecule is CC(C)(C)OC(=O)Cc1ccc(Cl)c(F)c1-n1cc(C(=O)OCc2ccccc2)nc1C1CCCCCC1. The minimum atomic E-state index is -0.682. The van der Waals surface area contributed by atoms with Crippen molar-refractivity contribution < 1.29 is 23.5 Å². The molecule has 0 N–H and O–H groups in total. The van der Waals surface area contributed by atoms with E-state index in [4.69, 9.17) is 21.1 Å². The Morgan fingerprint density at radius 3 is 2.39 bits per heavy atom. The number of ether oxygens (including phenoxy) is 2. The quantitative estimate of drug-likeness (QED) is 0.231. The Labute approximate surface area is 228 Å². The van der Waals surface area contributed by atoms with Crippen molar-refractivity contribution >= 4 is 23.5 Å². The van der Waals surface area contributed by atoms with E-state index in [1.807, 2.05) is 30.3 Å². The molecule has 0 atom stereocenters. The van der Waals surface area contributed by atoms with Crippen LogP contribution in [0.1, 0.15) is 92.7 Å². The van der Waals surface area contributed by atoms with Crippen LogP contribution in [-0.2, 0) is 27.3 Å². The number of aromatic nitrogens is 2. The maximum Gasteiger partial charge on any atom is 0.358 e. The van der Waals surface area contributed by atoms with Crippen LogP contribution in [0, 0.1) is 5.82 Å². The largest absolute Gasteiger partial charge is 0.460 e. The first-order chi connectivity index (χ1) is 18.1. The first kappa shape index (κ1) is 27.8. The Hall–Kier alpha value is -3.19. The van der Waals surface area contributed by atoms with Gasteiger partial charge < -0.3 is 9.47 Å². The van der Waals surface area contributed by atoms with E-state index in [0.717, 1.165) is 44.1 Å². The summed E-state index contributed by atoms with van der Waals surface area (Å²) in [6.45, 7) is 5.44. The van der Waals surface area contributed by atoms with E-state index in [1.54, 1.807) is 31.4 Å². The van der Waals surface area contributed by atoms with Crippen LogP contribution in [0.4, 0.5) is 4.39 Å². The zero-order valence-corrected chi connectivity index (χ0v) is 22.9. The molecule has 1 heterocycles. The number of halogens is 2. The number of carbonyl (C=O) groups excluding carboxylic acids is 2. The molecule has 1 aliphatic carbocycles. The highest BCUT2D eigenvalue weighted by molar-refractivity contribution is 6.31. The predicted molar refractivity (Wildman–Crippen MR) is 144 cm³/mol. The Bertz CT molecular complexity index is 1280. The van der Waals surface area contributed by atoms with E-state index in [9.17, 15) is 9.59 Å². The lowest BCUT2D eigenvalue weighted by molar-refractivity contribution is -0.153. The summed E-state index contributed by atoms with van der Waals surface area (Å²) in [6.07, 6.45) is 7.38. The van der Waals surface area contributed by atoms with Gasteiger partial charge in [0.25, 0.3) is 0 Å². The third-order valence-corrected chi connectivity index (χ3v) is 6.82. The topological polar surface area (TPSA) is 70.4 Å². The zero-order chi connectivity index (χ0) is 27.3. The van der Waals surface area contributed by atoms with E-state index in [1.165, 1.54) is 12.3 Å². The van der Waals surface area contributed by atoms with Crippen molar-refractivity contribution in [3.63, 3.8) is 0 Å². The van der Waals surface area contributed by atoms with Crippen LogP contribution in [0.25, 0.3) is 5.69 Å². The van der Waals surface area contributed by atoms with Crippen molar-refractivity contribution in [1.82, 2.24) is 9.55 Å². The lowest BCUT2D eigenvalue weighted by Gasteiger charge is -2.21. The molecule has 8 heteroatoms. The number of rotatable bonds is 7. The Morgan fingerprint density at radius 2 is 1.74 bits per heavy atom. The summed E-state index contributed by atoms with van der Waals surface area (Å²) in [4.78, 5) is 30.4. The van der Waals surface area contributed by atoms with Crippen LogP contribution in [-0.4, -0.2) is 27.1 Å². The molecule has 0 unspecified atom stereocenters. The van der Waals surface area contributed by atoms with Crippen LogP contribution < -0.4 is 0 Å². The van der Waals surface area contributed by atoms with Crippen molar-refractivity contribution in [2.75, 3.05) is 0 Å². The molecule has 0 saturated heterocycles. The summed E-state index contributed by atoms with van der Waals surface area (Å²) in [5.41, 5.74) is 0.765. The molecule has 1 aliphatic rings. The molecule has 0 aliphatic heterocycles. The maximum atomic E-state index is 15.7. The van der Waals surface area contributed by atoms with Gasteiger partial charge in [-0.3, -0.25) is 9.36 Å². The lowest BCUT2D eigenvalue weighted by atomic mass is 9.99. The zero-order valence-electron chi connectivity index (χ0n) is 22.1. The van der Waals surface area contributed by atoms with E-state index >= 15 is 4.39 Å². The van der Waals surface area contributed by atoms with Gasteiger partial charge in [0.1, 0.15) is 18.0 Å². The predicted octanol–water partition coefficient (Wildman–Crippen LogP) is 7.34. The minimum absolute atomic E-state index is 0.0286. The van der Waals surface area contributed by atoms with Crippen molar-refractivity contribution in [3.8, 4) is 5.69 Å². The van der Waals surface area contributed by atoms with Crippen molar-refractivity contribution in [1.29, 1.82) is 0 Å². The molecule has 0 amide bonds. The second-order valence-corrected chi connectivity index (χ2v) is 11.1. The highest BCUT2D eigenvalue weighted by atomic mass is 35.5. The Balaban J connectivity index is 1.74. The fourth-order valence-corrected chi connectivity index (χ4v) is 4.96. The molecule has 0 radical (unpaired) electrons. The normalized spacial score (nSPS) is 14.7. The lowest BCUT2D eigenvalue weighted by Crippen LogP contribution is -2.25. The number of hydrogen-bond donors (Lipinski definition) is 0. The second-order valence-electron chi connectivity index (χ2n) is 10.7. The van der Waals surface area contributed by atoms with Gasteiger partial charge in [0.15, 0.2) is 11.5 Å². The molecule has 4 rings (SSSR count). The van der Waals surface area contributed by atoms with Gasteiger partial charge >= 0.3 is 11.9 Å². The summed E-state index contributed by atoms with van der Waals surface area (Å²) in [7, 11) is 0. The van der Waals surface area contributed by atoms with Crippen molar-refractivity contribution in [3.05, 3.63) is 82.1 Å². The van der Waals surface area contributed by atoms with Crippen molar-refractivity contribution in [2.24, 2.45) is 0 Å². The summed E-state index contributed by atoms with van der Waals surface area (Å²) < 4.78 is 28.3. The van der Waals surface area contributed by atoms with Gasteiger partial charge in [-0.15, -0.1) is 0 Å². The van der Waals surface area contributed by atoms with Gasteiger partial charge in [0, 0.05) is 12.1 Å². The molecule has 1 saturated carbocycles. The standard InChI is InChI=1S/C30H34ClFN2O4/c1-30(2,3)38-25(35)17-22-15-16-23(31)26(32)27(22)34-18-24(29(36)37-19-20-11-7-6-8-12-20)33-28(34)21-13-9-4-5-10-14-21/h6-8,11-12,15-16,18,21H,4-5,9-10,13-14,17,19H2,1-3H3. The average molecular weight is 541 g/mol. The molecule has 0 spiro atoms. The summed E-state index contributed by atoms with van der Waals surface area (Å²) in [6, 6.07) is 12.4. The van der Waals surface area contributed by atoms with Gasteiger partial charge in [-0.25, -0.2) is 14.2 Å². The molecule has 202 valence electrons. The molecular weight excluding hydrogens is 507 g/mol. The number of nitrogens with zero attached hydrogens (tertiary/aromatic N) is 2. The fourth-order valence-electron chi connectivity index (χ4n) is 4.81. The highest BCUT2D eigenvalue weighted by Crippen LogP contribution is 2.35. The second kappa shape index (κ2) is 12.1. The average Bonchev–Trinajstić information content (AvgIpc) is 3.11. The first-order valence-corrected chi connectivity index (χ1v) is 13.5. The fraction of sp³-hybridized carbons (Fsp3) is 0.433. The first-order valence-electron chi connectivity index (χ1n) is 13.1. The van der Waals surface area contributed by atoms with Gasteiger partial charge in [-0.2, -0.15) is 0 Å². The molecular formula is C30H34ClFN2O4. The number of imidazole rings is 1. The Kier molecular flexibility index (Phi) is 8.87. The Morgan fingerprint density at radius 1 is 1.05 bits per heavy atom. The number of carbonyl (C=O) groups is 2. The number of esters is 2. The highest BCUT2D eigenvalue weighted by Gasteiger charge is 2.28. The van der Waals surface area contributed by atoms with E-state index in [0.29, 0.717) is 11.4 Å². The van der Waals surface area contributed by atoms with Gasteiger partial charge in [0.2, 0.25) is 0 Å². The van der Waals surface area contributed by atoms with E-state index in [-0.39, 0.29) is 35.3 Å². The smallest absolute Gasteiger partial charge is 0.358 e. The van der Waals surface area contributed by atoms with E-state index in [2.05, 4.69) is 4.98 Å². The minimum Gasteiger partial charge on any atom is -0.460 e. The van der Waals surface area contributed by atoms with E-state index < -0.39 is 23.4 Å². The van der Waals surface area contributed by atoms with Crippen LogP contribution >= 0.6 is 11.6 Å². The summed E-state index contributed by atoms with van der Waals surface area (Å²) in [5, 5.41) is -0.0818. The van der Waals surface area contributed by atoms with Crippen LogP contribution in [0.5, 0.6) is 0 Å². The molecule has 3 aromatic rings. The van der Waals surface area contributed by atoms with Crippen LogP contribution in [0.2, 0.25) is 5.02 Å². The molecule has 2 aromatic carbocycles. The van der Waals surface area contributed by atoms with Gasteiger partial charge in [-0.1, -0.05) is 73.7 Å². The summed E-state index contributed by atoms with van der Waals surface area (Å²) in [5.74, 6) is -1.16. The molecule has 38 heavy (non-hydrogen) atoms. The molecule has 1 fully saturated rings. The van der Waals surface area contributed by atoms with Crippen LogP contribution in [0.15, 0.2) is 48.7 Å². The third-order valence-electron chi connectivity index (χ3n) is 6.52. The maximum absolute atomic E-state index is 15.7.